The van der Waals surface area contributed by atoms with Gasteiger partial charge in [0.05, 0.1) is 6.10 Å². The predicted molar refractivity (Wildman–Crippen MR) is 64.2 cm³/mol. The van der Waals surface area contributed by atoms with Gasteiger partial charge in [-0.2, -0.15) is 0 Å². The third kappa shape index (κ3) is 4.09. The van der Waals surface area contributed by atoms with Gasteiger partial charge < -0.3 is 10.1 Å². The van der Waals surface area contributed by atoms with Gasteiger partial charge in [0.15, 0.2) is 0 Å². The highest BCUT2D eigenvalue weighted by Gasteiger charge is 2.26. The molecule has 0 spiro atoms. The topological polar surface area (TPSA) is 24.5 Å². The molecule has 15 heavy (non-hydrogen) atoms. The molecule has 0 aromatic heterocycles. The monoisotopic (exact) mass is 214 g/mol. The van der Waals surface area contributed by atoms with E-state index in [1.165, 1.54) is 25.8 Å². The first-order chi connectivity index (χ1) is 7.31. The van der Waals surface area contributed by atoms with Crippen LogP contribution in [0.2, 0.25) is 0 Å². The molecule has 1 aliphatic rings. The van der Waals surface area contributed by atoms with Crippen LogP contribution in [0.25, 0.3) is 0 Å². The molecular formula is C12H26N2O. The van der Waals surface area contributed by atoms with E-state index in [-0.39, 0.29) is 0 Å². The van der Waals surface area contributed by atoms with Gasteiger partial charge in [0.25, 0.3) is 0 Å². The van der Waals surface area contributed by atoms with E-state index in [1.807, 2.05) is 7.11 Å². The van der Waals surface area contributed by atoms with Crippen LogP contribution in [-0.2, 0) is 4.74 Å². The zero-order valence-electron chi connectivity index (χ0n) is 10.5. The Balaban J connectivity index is 2.25. The summed E-state index contributed by atoms with van der Waals surface area (Å²) in [6.07, 6.45) is 4.11. The number of hydrogen-bond donors (Lipinski definition) is 1. The number of nitrogens with zero attached hydrogens (tertiary/aromatic N) is 1. The highest BCUT2D eigenvalue weighted by atomic mass is 16.5. The normalized spacial score (nSPS) is 24.6. The maximum atomic E-state index is 5.40. The Bertz CT molecular complexity index is 164. The molecule has 1 heterocycles. The summed E-state index contributed by atoms with van der Waals surface area (Å²) in [6, 6.07) is 0.691. The van der Waals surface area contributed by atoms with Crippen molar-refractivity contribution in [3.63, 3.8) is 0 Å². The fourth-order valence-electron chi connectivity index (χ4n) is 2.26. The number of ether oxygens (including phenoxy) is 1. The Morgan fingerprint density at radius 1 is 1.47 bits per heavy atom. The maximum absolute atomic E-state index is 5.40. The molecule has 0 aliphatic carbocycles. The van der Waals surface area contributed by atoms with Gasteiger partial charge in [-0.1, -0.05) is 13.8 Å². The smallest absolute Gasteiger partial charge is 0.0710 e. The molecule has 1 aliphatic heterocycles. The summed E-state index contributed by atoms with van der Waals surface area (Å²) >= 11 is 0. The molecule has 0 bridgehead atoms. The minimum absolute atomic E-state index is 0.463. The average molecular weight is 214 g/mol. The maximum Gasteiger partial charge on any atom is 0.0710 e. The molecule has 1 rings (SSSR count). The van der Waals surface area contributed by atoms with Gasteiger partial charge >= 0.3 is 0 Å². The van der Waals surface area contributed by atoms with Crippen LogP contribution in [-0.4, -0.2) is 50.3 Å². The Morgan fingerprint density at radius 3 is 2.80 bits per heavy atom. The molecule has 0 aromatic rings. The standard InChI is InChI=1S/C12H26N2O/c1-4-7-13-9-11(5-2)14-8-6-12(10-14)15-3/h11-13H,4-10H2,1-3H3. The van der Waals surface area contributed by atoms with Crippen molar-refractivity contribution >= 4 is 0 Å². The van der Waals surface area contributed by atoms with E-state index >= 15 is 0 Å². The first-order valence-corrected chi connectivity index (χ1v) is 6.29. The molecule has 3 nitrogen and oxygen atoms in total. The van der Waals surface area contributed by atoms with Crippen LogP contribution in [0, 0.1) is 0 Å². The van der Waals surface area contributed by atoms with E-state index in [1.54, 1.807) is 0 Å². The fraction of sp³-hybridized carbons (Fsp3) is 1.00. The van der Waals surface area contributed by atoms with Gasteiger partial charge in [-0.15, -0.1) is 0 Å². The Morgan fingerprint density at radius 2 is 2.27 bits per heavy atom. The van der Waals surface area contributed by atoms with Crippen LogP contribution in [0.5, 0.6) is 0 Å². The molecule has 1 fully saturated rings. The zero-order valence-corrected chi connectivity index (χ0v) is 10.5. The summed E-state index contributed by atoms with van der Waals surface area (Å²) in [7, 11) is 1.82. The molecule has 1 saturated heterocycles. The van der Waals surface area contributed by atoms with Gasteiger partial charge in [0.2, 0.25) is 0 Å². The summed E-state index contributed by atoms with van der Waals surface area (Å²) in [5, 5.41) is 3.51. The summed E-state index contributed by atoms with van der Waals surface area (Å²) in [4.78, 5) is 2.57. The lowest BCUT2D eigenvalue weighted by atomic mass is 10.2. The second-order valence-electron chi connectivity index (χ2n) is 4.41. The summed E-state index contributed by atoms with van der Waals surface area (Å²) in [5.74, 6) is 0. The van der Waals surface area contributed by atoms with Crippen molar-refractivity contribution in [1.82, 2.24) is 10.2 Å². The highest BCUT2D eigenvalue weighted by Crippen LogP contribution is 2.16. The lowest BCUT2D eigenvalue weighted by molar-refractivity contribution is 0.100. The Labute approximate surface area is 94.2 Å². The predicted octanol–water partition coefficient (Wildman–Crippen LogP) is 1.49. The van der Waals surface area contributed by atoms with Crippen LogP contribution >= 0.6 is 0 Å². The van der Waals surface area contributed by atoms with Gasteiger partial charge in [-0.3, -0.25) is 4.90 Å². The van der Waals surface area contributed by atoms with E-state index in [4.69, 9.17) is 4.74 Å². The number of hydrogen-bond acceptors (Lipinski definition) is 3. The third-order valence-corrected chi connectivity index (χ3v) is 3.30. The molecule has 1 N–H and O–H groups in total. The molecule has 90 valence electrons. The van der Waals surface area contributed by atoms with Gasteiger partial charge in [0, 0.05) is 32.8 Å². The molecule has 0 saturated carbocycles. The minimum atomic E-state index is 0.463. The number of nitrogens with one attached hydrogen (secondary N) is 1. The largest absolute Gasteiger partial charge is 0.380 e. The van der Waals surface area contributed by atoms with Crippen LogP contribution in [0.15, 0.2) is 0 Å². The van der Waals surface area contributed by atoms with Crippen molar-refractivity contribution in [3.8, 4) is 0 Å². The van der Waals surface area contributed by atoms with Gasteiger partial charge in [-0.05, 0) is 25.8 Å². The fourth-order valence-corrected chi connectivity index (χ4v) is 2.26. The molecule has 0 radical (unpaired) electrons. The molecule has 0 amide bonds. The van der Waals surface area contributed by atoms with Crippen molar-refractivity contribution in [2.45, 2.75) is 45.3 Å². The van der Waals surface area contributed by atoms with Gasteiger partial charge in [-0.25, -0.2) is 0 Å². The van der Waals surface area contributed by atoms with E-state index in [2.05, 4.69) is 24.1 Å². The molecular weight excluding hydrogens is 188 g/mol. The van der Waals surface area contributed by atoms with E-state index in [0.717, 1.165) is 19.6 Å². The second kappa shape index (κ2) is 7.20. The molecule has 0 aromatic carbocycles. The number of likely N-dealkylation sites (tertiary alicyclic amines) is 1. The quantitative estimate of drug-likeness (QED) is 0.650. The average Bonchev–Trinajstić information content (AvgIpc) is 2.73. The van der Waals surface area contributed by atoms with Crippen molar-refractivity contribution < 1.29 is 4.74 Å². The summed E-state index contributed by atoms with van der Waals surface area (Å²) in [5.41, 5.74) is 0. The van der Waals surface area contributed by atoms with E-state index in [0.29, 0.717) is 12.1 Å². The lowest BCUT2D eigenvalue weighted by Crippen LogP contribution is -2.41. The Hall–Kier alpha value is -0.120. The first-order valence-electron chi connectivity index (χ1n) is 6.29. The number of rotatable bonds is 7. The van der Waals surface area contributed by atoms with Crippen molar-refractivity contribution in [1.29, 1.82) is 0 Å². The van der Waals surface area contributed by atoms with Crippen LogP contribution in [0.4, 0.5) is 0 Å². The van der Waals surface area contributed by atoms with E-state index < -0.39 is 0 Å². The molecule has 2 atom stereocenters. The summed E-state index contributed by atoms with van der Waals surface area (Å²) in [6.45, 7) is 9.07. The zero-order chi connectivity index (χ0) is 11.1. The van der Waals surface area contributed by atoms with Gasteiger partial charge in [0.1, 0.15) is 0 Å². The lowest BCUT2D eigenvalue weighted by Gasteiger charge is -2.27. The van der Waals surface area contributed by atoms with E-state index in [9.17, 15) is 0 Å². The third-order valence-electron chi connectivity index (χ3n) is 3.30. The van der Waals surface area contributed by atoms with Crippen molar-refractivity contribution in [2.75, 3.05) is 33.3 Å². The second-order valence-corrected chi connectivity index (χ2v) is 4.41. The van der Waals surface area contributed by atoms with Crippen molar-refractivity contribution in [2.24, 2.45) is 0 Å². The van der Waals surface area contributed by atoms with Crippen LogP contribution in [0.1, 0.15) is 33.1 Å². The molecule has 3 heteroatoms. The molecule has 2 unspecified atom stereocenters. The van der Waals surface area contributed by atoms with Crippen molar-refractivity contribution in [3.05, 3.63) is 0 Å². The SMILES string of the molecule is CCCNCC(CC)N1CCC(OC)C1. The minimum Gasteiger partial charge on any atom is -0.380 e. The first kappa shape index (κ1) is 12.9. The summed E-state index contributed by atoms with van der Waals surface area (Å²) < 4.78 is 5.40. The van der Waals surface area contributed by atoms with Crippen LogP contribution < -0.4 is 5.32 Å². The number of methoxy groups -OCH3 is 1. The van der Waals surface area contributed by atoms with Crippen LogP contribution in [0.3, 0.4) is 0 Å². The highest BCUT2D eigenvalue weighted by molar-refractivity contribution is 4.82. The Kier molecular flexibility index (Phi) is 6.22.